The highest BCUT2D eigenvalue weighted by Gasteiger charge is 2.32. The van der Waals surface area contributed by atoms with Gasteiger partial charge in [-0.1, -0.05) is 31.0 Å². The molecule has 0 aromatic carbocycles. The van der Waals surface area contributed by atoms with E-state index < -0.39 is 20.5 Å². The van der Waals surface area contributed by atoms with Gasteiger partial charge < -0.3 is 9.16 Å². The van der Waals surface area contributed by atoms with Crippen molar-refractivity contribution in [1.29, 1.82) is 0 Å². The van der Waals surface area contributed by atoms with Crippen LogP contribution in [-0.4, -0.2) is 26.6 Å². The molecule has 0 bridgehead atoms. The third-order valence-corrected chi connectivity index (χ3v) is 7.26. The minimum Gasteiger partial charge on any atom is -0.501 e. The number of rotatable bonds is 5. The maximum absolute atomic E-state index is 11.5. The molecule has 0 rings (SSSR count). The first-order valence-electron chi connectivity index (χ1n) is 6.24. The fraction of sp³-hybridized carbons (Fsp3) is 0.818. The number of nitrogens with zero attached hydrogens (tertiary/aromatic N) is 2. The quantitative estimate of drug-likeness (QED) is 0.558. The molecule has 0 atom stereocenters. The van der Waals surface area contributed by atoms with Crippen LogP contribution < -0.4 is 0 Å². The zero-order valence-electron chi connectivity index (χ0n) is 11.7. The Morgan fingerprint density at radius 3 is 1.83 bits per heavy atom. The molecule has 0 saturated carbocycles. The molecule has 0 radical (unpaired) electrons. The first kappa shape index (κ1) is 16.8. The number of carbonyl (C=O) groups excluding carboxylic acids is 2. The monoisotopic (exact) mass is 274 g/mol. The first-order valence-corrected chi connectivity index (χ1v) is 8.77. The van der Waals surface area contributed by atoms with E-state index in [0.29, 0.717) is 0 Å². The van der Waals surface area contributed by atoms with Crippen LogP contribution in [0.25, 0.3) is 0 Å². The lowest BCUT2D eigenvalue weighted by Gasteiger charge is -2.25. The Labute approximate surface area is 109 Å². The number of hydrogen-bond donors (Lipinski definition) is 0. The lowest BCUT2D eigenvalue weighted by molar-refractivity contribution is 0.123. The van der Waals surface area contributed by atoms with Crippen molar-refractivity contribution in [2.24, 2.45) is 10.2 Å². The highest BCUT2D eigenvalue weighted by atomic mass is 28.4. The Bertz CT molecular complexity index is 306. The fourth-order valence-corrected chi connectivity index (χ4v) is 3.82. The largest absolute Gasteiger partial charge is 0.501 e. The van der Waals surface area contributed by atoms with Gasteiger partial charge in [-0.05, 0) is 32.0 Å². The second-order valence-corrected chi connectivity index (χ2v) is 8.94. The predicted molar refractivity (Wildman–Crippen MR) is 70.2 cm³/mol. The standard InChI is InChI=1S/C11H22N2O4Si/c1-6-18(7-2,8-3)17-11(15)13-12-10(14)16-9(4)5/h9H,6-8H2,1-5H3. The van der Waals surface area contributed by atoms with Gasteiger partial charge in [-0.3, -0.25) is 0 Å². The normalized spacial score (nSPS) is 11.9. The van der Waals surface area contributed by atoms with Gasteiger partial charge in [0.15, 0.2) is 0 Å². The van der Waals surface area contributed by atoms with Crippen molar-refractivity contribution >= 4 is 20.5 Å². The highest BCUT2D eigenvalue weighted by molar-refractivity contribution is 6.74. The minimum absolute atomic E-state index is 0.289. The van der Waals surface area contributed by atoms with Crippen LogP contribution in [0.15, 0.2) is 10.2 Å². The van der Waals surface area contributed by atoms with Gasteiger partial charge in [-0.2, -0.15) is 0 Å². The molecule has 0 unspecified atom stereocenters. The van der Waals surface area contributed by atoms with Crippen molar-refractivity contribution in [3.8, 4) is 0 Å². The van der Waals surface area contributed by atoms with Crippen LogP contribution in [0.5, 0.6) is 0 Å². The van der Waals surface area contributed by atoms with Crippen LogP contribution >= 0.6 is 0 Å². The summed E-state index contributed by atoms with van der Waals surface area (Å²) < 4.78 is 10.1. The summed E-state index contributed by atoms with van der Waals surface area (Å²) in [6, 6.07) is 2.49. The summed E-state index contributed by atoms with van der Waals surface area (Å²) in [7, 11) is -2.04. The predicted octanol–water partition coefficient (Wildman–Crippen LogP) is 4.13. The topological polar surface area (TPSA) is 77.3 Å². The van der Waals surface area contributed by atoms with E-state index in [-0.39, 0.29) is 6.10 Å². The molecule has 0 aromatic rings. The van der Waals surface area contributed by atoms with Crippen LogP contribution in [0.2, 0.25) is 18.1 Å². The van der Waals surface area contributed by atoms with E-state index in [1.54, 1.807) is 13.8 Å². The summed E-state index contributed by atoms with van der Waals surface area (Å²) in [5.41, 5.74) is 0. The molecule has 0 spiro atoms. The summed E-state index contributed by atoms with van der Waals surface area (Å²) in [5.74, 6) is 0. The Hall–Kier alpha value is -1.24. The lowest BCUT2D eigenvalue weighted by atomic mass is 10.5. The van der Waals surface area contributed by atoms with Gasteiger partial charge in [0.2, 0.25) is 0 Å². The molecule has 7 heteroatoms. The van der Waals surface area contributed by atoms with Crippen molar-refractivity contribution in [3.63, 3.8) is 0 Å². The number of carbonyl (C=O) groups is 2. The summed E-state index contributed by atoms with van der Waals surface area (Å²) in [6.45, 7) is 9.37. The van der Waals surface area contributed by atoms with E-state index in [2.05, 4.69) is 10.2 Å². The smallest absolute Gasteiger partial charge is 0.452 e. The number of amides is 2. The minimum atomic E-state index is -2.04. The van der Waals surface area contributed by atoms with Gasteiger partial charge in [0, 0.05) is 0 Å². The molecule has 104 valence electrons. The summed E-state index contributed by atoms with van der Waals surface area (Å²) >= 11 is 0. The molecule has 0 fully saturated rings. The van der Waals surface area contributed by atoms with E-state index in [1.807, 2.05) is 20.8 Å². The van der Waals surface area contributed by atoms with Crippen molar-refractivity contribution in [2.45, 2.75) is 58.9 Å². The molecular weight excluding hydrogens is 252 g/mol. The third-order valence-electron chi connectivity index (χ3n) is 2.79. The molecule has 2 amide bonds. The number of azo groups is 1. The van der Waals surface area contributed by atoms with Gasteiger partial charge in [-0.15, -0.1) is 0 Å². The van der Waals surface area contributed by atoms with Gasteiger partial charge >= 0.3 is 12.2 Å². The molecule has 0 saturated heterocycles. The molecule has 0 aliphatic rings. The Morgan fingerprint density at radius 1 is 1.00 bits per heavy atom. The summed E-state index contributed by atoms with van der Waals surface area (Å²) in [4.78, 5) is 22.5. The second-order valence-electron chi connectivity index (χ2n) is 4.24. The summed E-state index contributed by atoms with van der Waals surface area (Å²) in [6.07, 6.45) is -1.96. The van der Waals surface area contributed by atoms with E-state index in [1.165, 1.54) is 0 Å². The van der Waals surface area contributed by atoms with E-state index >= 15 is 0 Å². The second kappa shape index (κ2) is 7.96. The zero-order chi connectivity index (χ0) is 14.2. The molecule has 6 nitrogen and oxygen atoms in total. The zero-order valence-corrected chi connectivity index (χ0v) is 12.7. The van der Waals surface area contributed by atoms with Crippen LogP contribution in [0.1, 0.15) is 34.6 Å². The van der Waals surface area contributed by atoms with Crippen LogP contribution in [0, 0.1) is 0 Å². The van der Waals surface area contributed by atoms with Crippen LogP contribution in [0.3, 0.4) is 0 Å². The Balaban J connectivity index is 4.41. The highest BCUT2D eigenvalue weighted by Crippen LogP contribution is 2.22. The van der Waals surface area contributed by atoms with Gasteiger partial charge in [0.25, 0.3) is 8.32 Å². The molecular formula is C11H22N2O4Si. The maximum atomic E-state index is 11.5. The number of ether oxygens (including phenoxy) is 1. The Morgan fingerprint density at radius 2 is 1.44 bits per heavy atom. The molecule has 0 heterocycles. The Kier molecular flexibility index (Phi) is 7.41. The van der Waals surface area contributed by atoms with E-state index in [4.69, 9.17) is 9.16 Å². The third kappa shape index (κ3) is 5.90. The molecule has 18 heavy (non-hydrogen) atoms. The number of hydrogen-bond acceptors (Lipinski definition) is 4. The van der Waals surface area contributed by atoms with Crippen molar-refractivity contribution in [1.82, 2.24) is 0 Å². The average molecular weight is 274 g/mol. The van der Waals surface area contributed by atoms with Gasteiger partial charge in [0.05, 0.1) is 6.10 Å². The van der Waals surface area contributed by atoms with Crippen LogP contribution in [0.4, 0.5) is 9.59 Å². The molecule has 0 N–H and O–H groups in total. The molecule has 0 aromatic heterocycles. The van der Waals surface area contributed by atoms with Crippen LogP contribution in [-0.2, 0) is 9.16 Å². The van der Waals surface area contributed by atoms with Crippen molar-refractivity contribution in [3.05, 3.63) is 0 Å². The maximum Gasteiger partial charge on any atom is 0.452 e. The molecule has 0 aliphatic carbocycles. The van der Waals surface area contributed by atoms with E-state index in [0.717, 1.165) is 18.1 Å². The average Bonchev–Trinajstić information content (AvgIpc) is 2.33. The van der Waals surface area contributed by atoms with Gasteiger partial charge in [0.1, 0.15) is 0 Å². The first-order chi connectivity index (χ1) is 8.39. The fourth-order valence-electron chi connectivity index (χ4n) is 1.48. The summed E-state index contributed by atoms with van der Waals surface area (Å²) in [5, 5.41) is 6.39. The molecule has 0 aliphatic heterocycles. The lowest BCUT2D eigenvalue weighted by Crippen LogP contribution is -2.37. The SMILES string of the molecule is CC[Si](CC)(CC)OC(=O)N=NC(=O)OC(C)C. The van der Waals surface area contributed by atoms with E-state index in [9.17, 15) is 9.59 Å². The van der Waals surface area contributed by atoms with Crippen molar-refractivity contribution in [2.75, 3.05) is 0 Å². The van der Waals surface area contributed by atoms with Gasteiger partial charge in [-0.25, -0.2) is 9.59 Å². The van der Waals surface area contributed by atoms with Crippen molar-refractivity contribution < 1.29 is 18.8 Å².